The van der Waals surface area contributed by atoms with E-state index in [1.165, 1.54) is 6.21 Å². The summed E-state index contributed by atoms with van der Waals surface area (Å²) in [5.41, 5.74) is 5.99. The number of hydrazone groups is 1. The molecule has 0 radical (unpaired) electrons. The van der Waals surface area contributed by atoms with Crippen LogP contribution in [-0.4, -0.2) is 29.3 Å². The van der Waals surface area contributed by atoms with Crippen molar-refractivity contribution in [2.24, 2.45) is 5.10 Å². The highest BCUT2D eigenvalue weighted by atomic mass is 79.9. The van der Waals surface area contributed by atoms with Crippen LogP contribution in [0.2, 0.25) is 0 Å². The molecule has 8 heteroatoms. The number of aromatic hydroxyl groups is 1. The van der Waals surface area contributed by atoms with Crippen molar-refractivity contribution >= 4 is 54.9 Å². The zero-order chi connectivity index (χ0) is 22.7. The van der Waals surface area contributed by atoms with Crippen molar-refractivity contribution in [2.75, 3.05) is 7.11 Å². The number of carbonyl (C=O) groups excluding carboxylic acids is 1. The lowest BCUT2D eigenvalue weighted by Gasteiger charge is -2.09. The fourth-order valence-electron chi connectivity index (χ4n) is 3.16. The van der Waals surface area contributed by atoms with E-state index in [0.29, 0.717) is 31.3 Å². The molecule has 1 aromatic heterocycles. The number of methoxy groups -OCH3 is 1. The van der Waals surface area contributed by atoms with Gasteiger partial charge < -0.3 is 9.84 Å². The number of ether oxygens (including phenoxy) is 1. The minimum Gasteiger partial charge on any atom is -0.506 e. The number of aromatic nitrogens is 1. The Kier molecular flexibility index (Phi) is 6.53. The molecule has 0 saturated carbocycles. The number of phenolic OH excluding ortho intramolecular Hbond substituents is 1. The molecule has 1 amide bonds. The molecule has 0 aliphatic rings. The number of fused-ring (bicyclic) bond motifs is 1. The topological polar surface area (TPSA) is 83.8 Å². The van der Waals surface area contributed by atoms with Gasteiger partial charge in [0.15, 0.2) is 0 Å². The first-order valence-electron chi connectivity index (χ1n) is 9.52. The largest absolute Gasteiger partial charge is 0.506 e. The van der Waals surface area contributed by atoms with Crippen molar-refractivity contribution in [1.29, 1.82) is 0 Å². The molecule has 0 fully saturated rings. The van der Waals surface area contributed by atoms with Crippen molar-refractivity contribution < 1.29 is 14.6 Å². The summed E-state index contributed by atoms with van der Waals surface area (Å²) in [5.74, 6) is 0.487. The van der Waals surface area contributed by atoms with Crippen LogP contribution in [-0.2, 0) is 0 Å². The van der Waals surface area contributed by atoms with E-state index in [-0.39, 0.29) is 11.7 Å². The average molecular weight is 555 g/mol. The van der Waals surface area contributed by atoms with E-state index in [4.69, 9.17) is 9.72 Å². The van der Waals surface area contributed by atoms with Crippen molar-refractivity contribution in [1.82, 2.24) is 10.4 Å². The highest BCUT2D eigenvalue weighted by Gasteiger charge is 2.14. The van der Waals surface area contributed by atoms with E-state index in [9.17, 15) is 9.90 Å². The third kappa shape index (κ3) is 4.66. The third-order valence-electron chi connectivity index (χ3n) is 4.77. The second kappa shape index (κ2) is 9.50. The monoisotopic (exact) mass is 553 g/mol. The Labute approximate surface area is 201 Å². The molecular formula is C24H17Br2N3O3. The highest BCUT2D eigenvalue weighted by Crippen LogP contribution is 2.33. The zero-order valence-electron chi connectivity index (χ0n) is 16.8. The van der Waals surface area contributed by atoms with Gasteiger partial charge in [-0.25, -0.2) is 10.4 Å². The molecule has 2 N–H and O–H groups in total. The number of benzene rings is 3. The summed E-state index contributed by atoms with van der Waals surface area (Å²) in [6.45, 7) is 0. The first-order valence-corrected chi connectivity index (χ1v) is 11.1. The number of amides is 1. The Morgan fingerprint density at radius 2 is 1.75 bits per heavy atom. The van der Waals surface area contributed by atoms with Gasteiger partial charge in [-0.05, 0) is 86.0 Å². The zero-order valence-corrected chi connectivity index (χ0v) is 20.0. The summed E-state index contributed by atoms with van der Waals surface area (Å²) in [7, 11) is 1.61. The smallest absolute Gasteiger partial charge is 0.272 e. The summed E-state index contributed by atoms with van der Waals surface area (Å²) >= 11 is 6.55. The molecule has 32 heavy (non-hydrogen) atoms. The van der Waals surface area contributed by atoms with Crippen LogP contribution in [0.1, 0.15) is 15.9 Å². The normalized spacial score (nSPS) is 11.1. The lowest BCUT2D eigenvalue weighted by atomic mass is 10.0. The van der Waals surface area contributed by atoms with Gasteiger partial charge >= 0.3 is 0 Å². The van der Waals surface area contributed by atoms with Gasteiger partial charge in [0.2, 0.25) is 0 Å². The predicted molar refractivity (Wildman–Crippen MR) is 132 cm³/mol. The van der Waals surface area contributed by atoms with Gasteiger partial charge in [-0.15, -0.1) is 0 Å². The standard InChI is InChI=1S/C24H17Br2N3O3/c1-32-16-8-6-15(7-9-16)22-12-18(17-4-2-3-5-21(17)28-22)24(31)29-27-13-14-10-19(25)23(30)20(26)11-14/h2-13,30H,1H3,(H,29,31)/b27-13+. The maximum absolute atomic E-state index is 13.0. The average Bonchev–Trinajstić information content (AvgIpc) is 2.81. The lowest BCUT2D eigenvalue weighted by Crippen LogP contribution is -2.18. The van der Waals surface area contributed by atoms with Gasteiger partial charge in [0.25, 0.3) is 5.91 Å². The number of hydrogen-bond donors (Lipinski definition) is 2. The summed E-state index contributed by atoms with van der Waals surface area (Å²) in [6.07, 6.45) is 1.50. The Morgan fingerprint density at radius 1 is 1.06 bits per heavy atom. The molecule has 6 nitrogen and oxygen atoms in total. The number of para-hydroxylation sites is 1. The summed E-state index contributed by atoms with van der Waals surface area (Å²) in [4.78, 5) is 17.7. The van der Waals surface area contributed by atoms with E-state index in [2.05, 4.69) is 42.4 Å². The molecule has 0 unspecified atom stereocenters. The quantitative estimate of drug-likeness (QED) is 0.237. The number of rotatable bonds is 5. The number of carbonyl (C=O) groups is 1. The molecule has 1 heterocycles. The Morgan fingerprint density at radius 3 is 2.44 bits per heavy atom. The molecule has 0 aliphatic heterocycles. The second-order valence-electron chi connectivity index (χ2n) is 6.83. The number of nitrogens with one attached hydrogen (secondary N) is 1. The molecule has 4 rings (SSSR count). The number of halogens is 2. The molecule has 0 spiro atoms. The van der Waals surface area contributed by atoms with E-state index < -0.39 is 0 Å². The first kappa shape index (κ1) is 22.0. The lowest BCUT2D eigenvalue weighted by molar-refractivity contribution is 0.0956. The van der Waals surface area contributed by atoms with E-state index in [0.717, 1.165) is 16.7 Å². The summed E-state index contributed by atoms with van der Waals surface area (Å²) in [5, 5.41) is 14.6. The number of hydrogen-bond acceptors (Lipinski definition) is 5. The Bertz CT molecular complexity index is 1320. The minimum absolute atomic E-state index is 0.0977. The van der Waals surface area contributed by atoms with E-state index in [1.54, 1.807) is 25.3 Å². The fraction of sp³-hybridized carbons (Fsp3) is 0.0417. The maximum atomic E-state index is 13.0. The molecular weight excluding hydrogens is 538 g/mol. The van der Waals surface area contributed by atoms with Gasteiger partial charge in [-0.3, -0.25) is 4.79 Å². The minimum atomic E-state index is -0.355. The van der Waals surface area contributed by atoms with Crippen LogP contribution in [0.5, 0.6) is 11.5 Å². The van der Waals surface area contributed by atoms with Crippen LogP contribution in [0.15, 0.2) is 80.8 Å². The molecule has 3 aromatic carbocycles. The summed E-state index contributed by atoms with van der Waals surface area (Å²) in [6, 6.07) is 20.1. The van der Waals surface area contributed by atoms with Crippen LogP contribution in [0.4, 0.5) is 0 Å². The Hall–Kier alpha value is -3.23. The summed E-state index contributed by atoms with van der Waals surface area (Å²) < 4.78 is 6.25. The first-order chi connectivity index (χ1) is 15.5. The van der Waals surface area contributed by atoms with E-state index in [1.807, 2.05) is 48.5 Å². The van der Waals surface area contributed by atoms with Crippen molar-refractivity contribution in [3.8, 4) is 22.8 Å². The van der Waals surface area contributed by atoms with Gasteiger partial charge in [0.1, 0.15) is 11.5 Å². The molecule has 0 atom stereocenters. The van der Waals surface area contributed by atoms with Gasteiger partial charge in [0.05, 0.1) is 39.0 Å². The molecule has 160 valence electrons. The highest BCUT2D eigenvalue weighted by molar-refractivity contribution is 9.11. The maximum Gasteiger partial charge on any atom is 0.272 e. The van der Waals surface area contributed by atoms with Gasteiger partial charge in [-0.2, -0.15) is 5.10 Å². The van der Waals surface area contributed by atoms with E-state index >= 15 is 0 Å². The van der Waals surface area contributed by atoms with Crippen LogP contribution >= 0.6 is 31.9 Å². The predicted octanol–water partition coefficient (Wildman–Crippen LogP) is 5.90. The van der Waals surface area contributed by atoms with Crippen LogP contribution in [0.3, 0.4) is 0 Å². The van der Waals surface area contributed by atoms with Crippen molar-refractivity contribution in [3.05, 3.63) is 86.8 Å². The molecule has 0 aliphatic carbocycles. The van der Waals surface area contributed by atoms with Crippen LogP contribution in [0, 0.1) is 0 Å². The van der Waals surface area contributed by atoms with Crippen molar-refractivity contribution in [2.45, 2.75) is 0 Å². The second-order valence-corrected chi connectivity index (χ2v) is 8.54. The van der Waals surface area contributed by atoms with Crippen molar-refractivity contribution in [3.63, 3.8) is 0 Å². The third-order valence-corrected chi connectivity index (χ3v) is 5.97. The van der Waals surface area contributed by atoms with Gasteiger partial charge in [0, 0.05) is 10.9 Å². The molecule has 0 bridgehead atoms. The fourth-order valence-corrected chi connectivity index (χ4v) is 4.38. The van der Waals surface area contributed by atoms with Crippen LogP contribution in [0.25, 0.3) is 22.2 Å². The number of phenols is 1. The number of pyridine rings is 1. The van der Waals surface area contributed by atoms with Crippen LogP contribution < -0.4 is 10.2 Å². The Balaban J connectivity index is 1.65. The molecule has 4 aromatic rings. The van der Waals surface area contributed by atoms with Gasteiger partial charge in [-0.1, -0.05) is 18.2 Å². The number of nitrogens with zero attached hydrogens (tertiary/aromatic N) is 2. The SMILES string of the molecule is COc1ccc(-c2cc(C(=O)N/N=C/c3cc(Br)c(O)c(Br)c3)c3ccccc3n2)cc1. The molecule has 0 saturated heterocycles.